The Kier molecular flexibility index (Phi) is 6.45. The van der Waals surface area contributed by atoms with Gasteiger partial charge in [0.25, 0.3) is 0 Å². The number of aliphatic hydroxyl groups is 1. The van der Waals surface area contributed by atoms with Crippen molar-refractivity contribution in [3.8, 4) is 0 Å². The van der Waals surface area contributed by atoms with Crippen LogP contribution in [-0.4, -0.2) is 48.8 Å². The molecule has 3 heteroatoms. The first kappa shape index (κ1) is 14.9. The summed E-state index contributed by atoms with van der Waals surface area (Å²) in [6, 6.07) is 0. The molecule has 0 aromatic carbocycles. The van der Waals surface area contributed by atoms with E-state index in [9.17, 15) is 5.11 Å². The van der Waals surface area contributed by atoms with Gasteiger partial charge in [-0.25, -0.2) is 0 Å². The van der Waals surface area contributed by atoms with Crippen LogP contribution in [0.15, 0.2) is 0 Å². The zero-order chi connectivity index (χ0) is 12.7. The predicted octanol–water partition coefficient (Wildman–Crippen LogP) is 1.86. The smallest absolute Gasteiger partial charge is 0.0669 e. The van der Waals surface area contributed by atoms with Gasteiger partial charge in [-0.2, -0.15) is 0 Å². The lowest BCUT2D eigenvalue weighted by Gasteiger charge is -2.22. The van der Waals surface area contributed by atoms with Crippen LogP contribution in [0.2, 0.25) is 0 Å². The van der Waals surface area contributed by atoms with Crippen LogP contribution in [0.4, 0.5) is 0 Å². The number of hydrogen-bond acceptors (Lipinski definition) is 3. The highest BCUT2D eigenvalue weighted by atomic mass is 16.3. The lowest BCUT2D eigenvalue weighted by molar-refractivity contribution is 0.119. The fourth-order valence-electron chi connectivity index (χ4n) is 2.48. The van der Waals surface area contributed by atoms with E-state index in [1.165, 1.54) is 38.9 Å². The van der Waals surface area contributed by atoms with Crippen LogP contribution in [0.25, 0.3) is 0 Å². The SMILES string of the molecule is CC(C)(C)CC(O)CNCCCN1CCCC1. The van der Waals surface area contributed by atoms with E-state index >= 15 is 0 Å². The van der Waals surface area contributed by atoms with Gasteiger partial charge in [-0.05, 0) is 57.3 Å². The fraction of sp³-hybridized carbons (Fsp3) is 1.00. The highest BCUT2D eigenvalue weighted by Crippen LogP contribution is 2.20. The van der Waals surface area contributed by atoms with Gasteiger partial charge in [0.2, 0.25) is 0 Å². The summed E-state index contributed by atoms with van der Waals surface area (Å²) in [5, 5.41) is 13.2. The van der Waals surface area contributed by atoms with E-state index in [-0.39, 0.29) is 11.5 Å². The number of likely N-dealkylation sites (tertiary alicyclic amines) is 1. The quantitative estimate of drug-likeness (QED) is 0.669. The molecular weight excluding hydrogens is 212 g/mol. The zero-order valence-electron chi connectivity index (χ0n) is 11.8. The summed E-state index contributed by atoms with van der Waals surface area (Å²) < 4.78 is 0. The molecule has 0 aromatic rings. The van der Waals surface area contributed by atoms with E-state index in [2.05, 4.69) is 31.0 Å². The highest BCUT2D eigenvalue weighted by Gasteiger charge is 2.16. The summed E-state index contributed by atoms with van der Waals surface area (Å²) in [7, 11) is 0. The van der Waals surface area contributed by atoms with E-state index in [0.29, 0.717) is 0 Å². The topological polar surface area (TPSA) is 35.5 Å². The van der Waals surface area contributed by atoms with Crippen LogP contribution in [-0.2, 0) is 0 Å². The molecule has 1 saturated heterocycles. The van der Waals surface area contributed by atoms with Gasteiger partial charge in [-0.15, -0.1) is 0 Å². The molecule has 1 aliphatic heterocycles. The molecule has 0 spiro atoms. The van der Waals surface area contributed by atoms with E-state index in [0.717, 1.165) is 19.5 Å². The fourth-order valence-corrected chi connectivity index (χ4v) is 2.48. The molecule has 17 heavy (non-hydrogen) atoms. The lowest BCUT2D eigenvalue weighted by Crippen LogP contribution is -2.32. The van der Waals surface area contributed by atoms with Crippen LogP contribution in [0, 0.1) is 5.41 Å². The molecule has 1 fully saturated rings. The molecule has 0 aliphatic carbocycles. The first-order chi connectivity index (χ1) is 7.97. The van der Waals surface area contributed by atoms with Crippen LogP contribution in [0.5, 0.6) is 0 Å². The predicted molar refractivity (Wildman–Crippen MR) is 73.2 cm³/mol. The van der Waals surface area contributed by atoms with Gasteiger partial charge in [0.1, 0.15) is 0 Å². The van der Waals surface area contributed by atoms with Crippen LogP contribution in [0.3, 0.4) is 0 Å². The summed E-state index contributed by atoms with van der Waals surface area (Å²) in [5.74, 6) is 0. The molecule has 2 N–H and O–H groups in total. The maximum atomic E-state index is 9.82. The summed E-state index contributed by atoms with van der Waals surface area (Å²) in [6.07, 6.45) is 4.60. The van der Waals surface area contributed by atoms with Crippen molar-refractivity contribution in [2.45, 2.75) is 52.6 Å². The third kappa shape index (κ3) is 7.74. The average molecular weight is 242 g/mol. The standard InChI is InChI=1S/C14H30N2O/c1-14(2,3)11-13(17)12-15-7-6-10-16-8-4-5-9-16/h13,15,17H,4-12H2,1-3H3. The van der Waals surface area contributed by atoms with Gasteiger partial charge in [0, 0.05) is 6.54 Å². The van der Waals surface area contributed by atoms with Crippen molar-refractivity contribution in [1.82, 2.24) is 10.2 Å². The number of aliphatic hydroxyl groups excluding tert-OH is 1. The Labute approximate surface area is 107 Å². The van der Waals surface area contributed by atoms with E-state index in [1.54, 1.807) is 0 Å². The molecule has 0 bridgehead atoms. The number of nitrogens with one attached hydrogen (secondary N) is 1. The third-order valence-electron chi connectivity index (χ3n) is 3.25. The van der Waals surface area contributed by atoms with Gasteiger partial charge in [0.05, 0.1) is 6.10 Å². The Balaban J connectivity index is 1.92. The van der Waals surface area contributed by atoms with Gasteiger partial charge in [-0.1, -0.05) is 20.8 Å². The Hall–Kier alpha value is -0.120. The van der Waals surface area contributed by atoms with Crippen molar-refractivity contribution >= 4 is 0 Å². The van der Waals surface area contributed by atoms with Crippen molar-refractivity contribution in [1.29, 1.82) is 0 Å². The van der Waals surface area contributed by atoms with E-state index in [4.69, 9.17) is 0 Å². The largest absolute Gasteiger partial charge is 0.392 e. The minimum Gasteiger partial charge on any atom is -0.392 e. The van der Waals surface area contributed by atoms with Crippen molar-refractivity contribution < 1.29 is 5.11 Å². The summed E-state index contributed by atoms with van der Waals surface area (Å²) in [6.45, 7) is 12.0. The lowest BCUT2D eigenvalue weighted by atomic mass is 9.89. The molecule has 0 saturated carbocycles. The van der Waals surface area contributed by atoms with Gasteiger partial charge in [-0.3, -0.25) is 0 Å². The number of hydrogen-bond donors (Lipinski definition) is 2. The van der Waals surface area contributed by atoms with Gasteiger partial charge < -0.3 is 15.3 Å². The number of rotatable bonds is 7. The van der Waals surface area contributed by atoms with Crippen molar-refractivity contribution in [2.24, 2.45) is 5.41 Å². The zero-order valence-corrected chi connectivity index (χ0v) is 11.8. The van der Waals surface area contributed by atoms with E-state index < -0.39 is 0 Å². The second kappa shape index (κ2) is 7.34. The normalized spacial score (nSPS) is 19.8. The Bertz CT molecular complexity index is 195. The Morgan fingerprint density at radius 3 is 2.47 bits per heavy atom. The minimum atomic E-state index is -0.207. The second-order valence-corrected chi connectivity index (χ2v) is 6.53. The van der Waals surface area contributed by atoms with Gasteiger partial charge >= 0.3 is 0 Å². The molecule has 3 nitrogen and oxygen atoms in total. The first-order valence-corrected chi connectivity index (χ1v) is 7.08. The minimum absolute atomic E-state index is 0.207. The van der Waals surface area contributed by atoms with Crippen LogP contribution < -0.4 is 5.32 Å². The van der Waals surface area contributed by atoms with Crippen molar-refractivity contribution in [2.75, 3.05) is 32.7 Å². The van der Waals surface area contributed by atoms with Gasteiger partial charge in [0.15, 0.2) is 0 Å². The third-order valence-corrected chi connectivity index (χ3v) is 3.25. The van der Waals surface area contributed by atoms with E-state index in [1.807, 2.05) is 0 Å². The average Bonchev–Trinajstić information content (AvgIpc) is 2.67. The molecule has 1 unspecified atom stereocenters. The van der Waals surface area contributed by atoms with Crippen LogP contribution in [0.1, 0.15) is 46.5 Å². The second-order valence-electron chi connectivity index (χ2n) is 6.53. The Morgan fingerprint density at radius 1 is 1.24 bits per heavy atom. The summed E-state index contributed by atoms with van der Waals surface area (Å²) in [4.78, 5) is 2.53. The molecule has 0 radical (unpaired) electrons. The summed E-state index contributed by atoms with van der Waals surface area (Å²) in [5.41, 5.74) is 0.219. The molecular formula is C14H30N2O. The molecule has 1 atom stereocenters. The maximum absolute atomic E-state index is 9.82. The van der Waals surface area contributed by atoms with Crippen LogP contribution >= 0.6 is 0 Å². The van der Waals surface area contributed by atoms with Crippen molar-refractivity contribution in [3.05, 3.63) is 0 Å². The molecule has 102 valence electrons. The molecule has 1 heterocycles. The molecule has 1 aliphatic rings. The maximum Gasteiger partial charge on any atom is 0.0669 e. The molecule has 1 rings (SSSR count). The highest BCUT2D eigenvalue weighted by molar-refractivity contribution is 4.70. The molecule has 0 amide bonds. The Morgan fingerprint density at radius 2 is 1.88 bits per heavy atom. The first-order valence-electron chi connectivity index (χ1n) is 7.08. The molecule has 0 aromatic heterocycles. The summed E-state index contributed by atoms with van der Waals surface area (Å²) >= 11 is 0. The van der Waals surface area contributed by atoms with Crippen molar-refractivity contribution in [3.63, 3.8) is 0 Å². The monoisotopic (exact) mass is 242 g/mol. The number of nitrogens with zero attached hydrogens (tertiary/aromatic N) is 1.